The van der Waals surface area contributed by atoms with Crippen molar-refractivity contribution < 1.29 is 5.11 Å². The predicted molar refractivity (Wildman–Crippen MR) is 67.9 cm³/mol. The van der Waals surface area contributed by atoms with Crippen LogP contribution in [0, 0.1) is 6.92 Å². The van der Waals surface area contributed by atoms with E-state index in [4.69, 9.17) is 5.11 Å². The summed E-state index contributed by atoms with van der Waals surface area (Å²) in [4.78, 5) is 4.17. The molecular formula is C14H18N2O. The molecule has 0 saturated carbocycles. The van der Waals surface area contributed by atoms with E-state index in [0.29, 0.717) is 0 Å². The van der Waals surface area contributed by atoms with E-state index in [1.807, 2.05) is 12.5 Å². The molecule has 0 spiro atoms. The lowest BCUT2D eigenvalue weighted by molar-refractivity contribution is 0.287. The van der Waals surface area contributed by atoms with Crippen LogP contribution < -0.4 is 0 Å². The normalized spacial score (nSPS) is 10.7. The van der Waals surface area contributed by atoms with Crippen molar-refractivity contribution in [1.29, 1.82) is 0 Å². The summed E-state index contributed by atoms with van der Waals surface area (Å²) in [5, 5.41) is 8.85. The minimum absolute atomic E-state index is 0.232. The number of imidazole rings is 1. The van der Waals surface area contributed by atoms with Crippen molar-refractivity contribution in [2.45, 2.75) is 26.3 Å². The van der Waals surface area contributed by atoms with E-state index in [9.17, 15) is 0 Å². The van der Waals surface area contributed by atoms with Gasteiger partial charge in [-0.25, -0.2) is 4.98 Å². The molecule has 0 bridgehead atoms. The Morgan fingerprint density at radius 1 is 1.24 bits per heavy atom. The molecule has 0 atom stereocenters. The summed E-state index contributed by atoms with van der Waals surface area (Å²) >= 11 is 0. The van der Waals surface area contributed by atoms with Gasteiger partial charge in [-0.05, 0) is 25.3 Å². The molecule has 90 valence electrons. The summed E-state index contributed by atoms with van der Waals surface area (Å²) in [6.45, 7) is 3.17. The minimum atomic E-state index is 0.232. The van der Waals surface area contributed by atoms with Gasteiger partial charge in [0.1, 0.15) is 0 Å². The van der Waals surface area contributed by atoms with Gasteiger partial charge in [-0.15, -0.1) is 0 Å². The lowest BCUT2D eigenvalue weighted by Gasteiger charge is -2.08. The summed E-state index contributed by atoms with van der Waals surface area (Å²) in [6, 6.07) is 8.54. The van der Waals surface area contributed by atoms with Crippen LogP contribution in [0.15, 0.2) is 36.8 Å². The molecule has 1 N–H and O–H groups in total. The quantitative estimate of drug-likeness (QED) is 0.854. The summed E-state index contributed by atoms with van der Waals surface area (Å²) < 4.78 is 2.14. The third-order valence-electron chi connectivity index (χ3n) is 2.86. The molecule has 1 aromatic heterocycles. The Kier molecular flexibility index (Phi) is 3.94. The molecule has 2 aromatic rings. The maximum Gasteiger partial charge on any atom is 0.0951 e. The summed E-state index contributed by atoms with van der Waals surface area (Å²) in [5.41, 5.74) is 3.73. The lowest BCUT2D eigenvalue weighted by atomic mass is 10.1. The number of aliphatic hydroxyl groups excluding tert-OH is 1. The van der Waals surface area contributed by atoms with Gasteiger partial charge in [-0.1, -0.05) is 29.8 Å². The van der Waals surface area contributed by atoms with Gasteiger partial charge in [-0.2, -0.15) is 0 Å². The number of hydrogen-bond acceptors (Lipinski definition) is 2. The highest BCUT2D eigenvalue weighted by molar-refractivity contribution is 5.22. The fourth-order valence-electron chi connectivity index (χ4n) is 1.85. The van der Waals surface area contributed by atoms with Gasteiger partial charge >= 0.3 is 0 Å². The Morgan fingerprint density at radius 2 is 2.00 bits per heavy atom. The summed E-state index contributed by atoms with van der Waals surface area (Å²) in [7, 11) is 0. The molecule has 1 heterocycles. The minimum Gasteiger partial charge on any atom is -0.396 e. The first kappa shape index (κ1) is 11.9. The smallest absolute Gasteiger partial charge is 0.0951 e. The van der Waals surface area contributed by atoms with Crippen molar-refractivity contribution in [3.63, 3.8) is 0 Å². The number of hydrogen-bond donors (Lipinski definition) is 1. The molecule has 17 heavy (non-hydrogen) atoms. The molecule has 0 fully saturated rings. The highest BCUT2D eigenvalue weighted by Crippen LogP contribution is 2.09. The molecular weight excluding hydrogens is 212 g/mol. The highest BCUT2D eigenvalue weighted by Gasteiger charge is 2.02. The first-order valence-electron chi connectivity index (χ1n) is 5.95. The van der Waals surface area contributed by atoms with E-state index in [1.165, 1.54) is 16.8 Å². The van der Waals surface area contributed by atoms with Gasteiger partial charge in [0.15, 0.2) is 0 Å². The van der Waals surface area contributed by atoms with Gasteiger partial charge in [0, 0.05) is 25.0 Å². The van der Waals surface area contributed by atoms with Crippen molar-refractivity contribution in [2.75, 3.05) is 6.61 Å². The van der Waals surface area contributed by atoms with E-state index in [-0.39, 0.29) is 6.61 Å². The van der Waals surface area contributed by atoms with Crippen molar-refractivity contribution in [2.24, 2.45) is 0 Å². The van der Waals surface area contributed by atoms with Crippen LogP contribution in [0.3, 0.4) is 0 Å². The molecule has 3 nitrogen and oxygen atoms in total. The van der Waals surface area contributed by atoms with E-state index in [1.54, 1.807) is 0 Å². The molecule has 0 aliphatic heterocycles. The molecule has 0 unspecified atom stereocenters. The van der Waals surface area contributed by atoms with Crippen LogP contribution in [0.4, 0.5) is 0 Å². The maximum absolute atomic E-state index is 8.85. The second kappa shape index (κ2) is 5.64. The van der Waals surface area contributed by atoms with E-state index < -0.39 is 0 Å². The molecule has 1 aromatic carbocycles. The van der Waals surface area contributed by atoms with Crippen LogP contribution in [-0.2, 0) is 13.0 Å². The Morgan fingerprint density at radius 3 is 2.71 bits per heavy atom. The van der Waals surface area contributed by atoms with Crippen LogP contribution in [0.2, 0.25) is 0 Å². The molecule has 0 saturated heterocycles. The molecule has 0 radical (unpaired) electrons. The topological polar surface area (TPSA) is 38.0 Å². The first-order chi connectivity index (χ1) is 8.29. The first-order valence-corrected chi connectivity index (χ1v) is 5.95. The third-order valence-corrected chi connectivity index (χ3v) is 2.86. The van der Waals surface area contributed by atoms with Crippen LogP contribution >= 0.6 is 0 Å². The largest absolute Gasteiger partial charge is 0.396 e. The Hall–Kier alpha value is -1.61. The number of aliphatic hydroxyl groups is 1. The van der Waals surface area contributed by atoms with Gasteiger partial charge < -0.3 is 9.67 Å². The fraction of sp³-hybridized carbons (Fsp3) is 0.357. The maximum atomic E-state index is 8.85. The van der Waals surface area contributed by atoms with E-state index >= 15 is 0 Å². The summed E-state index contributed by atoms with van der Waals surface area (Å²) in [6.07, 6.45) is 5.40. The Bertz CT molecular complexity index is 459. The van der Waals surface area contributed by atoms with Gasteiger partial charge in [0.2, 0.25) is 0 Å². The van der Waals surface area contributed by atoms with Gasteiger partial charge in [0.05, 0.1) is 6.33 Å². The molecule has 0 aliphatic rings. The Labute approximate surface area is 102 Å². The van der Waals surface area contributed by atoms with Crippen molar-refractivity contribution in [1.82, 2.24) is 9.55 Å². The van der Waals surface area contributed by atoms with E-state index in [0.717, 1.165) is 19.4 Å². The zero-order valence-electron chi connectivity index (χ0n) is 10.1. The van der Waals surface area contributed by atoms with Crippen molar-refractivity contribution in [3.05, 3.63) is 53.6 Å². The monoisotopic (exact) mass is 230 g/mol. The SMILES string of the molecule is Cc1ccc(Cn2cncc2CCCO)cc1. The average molecular weight is 230 g/mol. The fourth-order valence-corrected chi connectivity index (χ4v) is 1.85. The average Bonchev–Trinajstić information content (AvgIpc) is 2.77. The third kappa shape index (κ3) is 3.17. The number of nitrogens with zero attached hydrogens (tertiary/aromatic N) is 2. The lowest BCUT2D eigenvalue weighted by Crippen LogP contribution is -2.04. The van der Waals surface area contributed by atoms with Gasteiger partial charge in [0.25, 0.3) is 0 Å². The second-order valence-corrected chi connectivity index (χ2v) is 4.33. The number of benzene rings is 1. The molecule has 2 rings (SSSR count). The Balaban J connectivity index is 2.07. The molecule has 0 aliphatic carbocycles. The number of aryl methyl sites for hydroxylation is 2. The number of rotatable bonds is 5. The number of aromatic nitrogens is 2. The van der Waals surface area contributed by atoms with Crippen LogP contribution in [-0.4, -0.2) is 21.3 Å². The zero-order chi connectivity index (χ0) is 12.1. The van der Waals surface area contributed by atoms with Crippen LogP contribution in [0.1, 0.15) is 23.2 Å². The van der Waals surface area contributed by atoms with Crippen molar-refractivity contribution in [3.8, 4) is 0 Å². The molecule has 0 amide bonds. The second-order valence-electron chi connectivity index (χ2n) is 4.33. The zero-order valence-corrected chi connectivity index (χ0v) is 10.1. The van der Waals surface area contributed by atoms with Gasteiger partial charge in [-0.3, -0.25) is 0 Å². The highest BCUT2D eigenvalue weighted by atomic mass is 16.2. The standard InChI is InChI=1S/C14H18N2O/c1-12-4-6-13(7-5-12)10-16-11-15-9-14(16)3-2-8-17/h4-7,9,11,17H,2-3,8,10H2,1H3. The molecule has 3 heteroatoms. The van der Waals surface area contributed by atoms with Crippen molar-refractivity contribution >= 4 is 0 Å². The van der Waals surface area contributed by atoms with Crippen LogP contribution in [0.25, 0.3) is 0 Å². The van der Waals surface area contributed by atoms with Crippen LogP contribution in [0.5, 0.6) is 0 Å². The predicted octanol–water partition coefficient (Wildman–Crippen LogP) is 2.16. The summed E-state index contributed by atoms with van der Waals surface area (Å²) in [5.74, 6) is 0. The van der Waals surface area contributed by atoms with E-state index in [2.05, 4.69) is 40.7 Å².